The minimum Gasteiger partial charge on any atom is -0.489 e. The summed E-state index contributed by atoms with van der Waals surface area (Å²) in [5.41, 5.74) is 1.53. The Labute approximate surface area is 194 Å². The lowest BCUT2D eigenvalue weighted by atomic mass is 10.2. The average Bonchev–Trinajstić information content (AvgIpc) is 3.07. The van der Waals surface area contributed by atoms with Gasteiger partial charge in [-0.05, 0) is 35.9 Å². The van der Waals surface area contributed by atoms with Gasteiger partial charge in [-0.2, -0.15) is 0 Å². The molecule has 0 bridgehead atoms. The molecule has 1 aliphatic heterocycles. The second-order valence-electron chi connectivity index (χ2n) is 6.97. The van der Waals surface area contributed by atoms with Crippen LogP contribution in [0.15, 0.2) is 40.9 Å². The Morgan fingerprint density at radius 2 is 1.90 bits per heavy atom. The molecule has 2 heterocycles. The summed E-state index contributed by atoms with van der Waals surface area (Å²) >= 11 is 18.4. The minimum atomic E-state index is -0.132. The molecule has 0 spiro atoms. The molecule has 0 fully saturated rings. The summed E-state index contributed by atoms with van der Waals surface area (Å²) < 4.78 is 17.0. The first-order valence-electron chi connectivity index (χ1n) is 9.74. The Morgan fingerprint density at radius 3 is 2.74 bits per heavy atom. The van der Waals surface area contributed by atoms with Gasteiger partial charge in [0.2, 0.25) is 5.91 Å². The van der Waals surface area contributed by atoms with Crippen LogP contribution in [0.5, 0.6) is 11.5 Å². The van der Waals surface area contributed by atoms with E-state index < -0.39 is 0 Å². The summed E-state index contributed by atoms with van der Waals surface area (Å²) in [4.78, 5) is 16.5. The molecule has 1 aliphatic rings. The SMILES string of the molecule is O=C(CCc1ncc(-c2ccc(Cl)cc2Cl)o1)NCc1cc(Cl)c2c(c1)OCCCO2. The van der Waals surface area contributed by atoms with Crippen LogP contribution >= 0.6 is 34.8 Å². The number of carbonyl (C=O) groups excluding carboxylic acids is 1. The van der Waals surface area contributed by atoms with Gasteiger partial charge in [0.1, 0.15) is 0 Å². The predicted molar refractivity (Wildman–Crippen MR) is 119 cm³/mol. The van der Waals surface area contributed by atoms with Crippen LogP contribution in [0.25, 0.3) is 11.3 Å². The van der Waals surface area contributed by atoms with Crippen LogP contribution in [0.4, 0.5) is 0 Å². The monoisotopic (exact) mass is 480 g/mol. The normalized spacial score (nSPS) is 13.0. The molecule has 1 N–H and O–H groups in total. The van der Waals surface area contributed by atoms with Crippen molar-refractivity contribution in [1.29, 1.82) is 0 Å². The summed E-state index contributed by atoms with van der Waals surface area (Å²) in [6.45, 7) is 1.46. The first kappa shape index (κ1) is 21.8. The van der Waals surface area contributed by atoms with Gasteiger partial charge in [-0.1, -0.05) is 34.8 Å². The quantitative estimate of drug-likeness (QED) is 0.488. The van der Waals surface area contributed by atoms with Crippen LogP contribution < -0.4 is 14.8 Å². The number of fused-ring (bicyclic) bond motifs is 1. The summed E-state index contributed by atoms with van der Waals surface area (Å²) in [6, 6.07) is 8.74. The Hall–Kier alpha value is -2.41. The van der Waals surface area contributed by atoms with E-state index in [2.05, 4.69) is 10.3 Å². The molecular formula is C22H19Cl3N2O4. The highest BCUT2D eigenvalue weighted by molar-refractivity contribution is 6.36. The van der Waals surface area contributed by atoms with E-state index in [1.807, 2.05) is 6.07 Å². The van der Waals surface area contributed by atoms with Crippen molar-refractivity contribution in [2.75, 3.05) is 13.2 Å². The van der Waals surface area contributed by atoms with Gasteiger partial charge in [-0.25, -0.2) is 4.98 Å². The van der Waals surface area contributed by atoms with E-state index >= 15 is 0 Å². The van der Waals surface area contributed by atoms with Gasteiger partial charge in [0.25, 0.3) is 0 Å². The highest BCUT2D eigenvalue weighted by Crippen LogP contribution is 2.38. The van der Waals surface area contributed by atoms with Crippen molar-refractivity contribution >= 4 is 40.7 Å². The van der Waals surface area contributed by atoms with E-state index in [4.69, 9.17) is 48.7 Å². The lowest BCUT2D eigenvalue weighted by molar-refractivity contribution is -0.121. The number of nitrogens with one attached hydrogen (secondary N) is 1. The molecule has 3 aromatic rings. The fourth-order valence-electron chi connectivity index (χ4n) is 3.14. The number of benzene rings is 2. The van der Waals surface area contributed by atoms with E-state index in [9.17, 15) is 4.79 Å². The number of nitrogens with zero attached hydrogens (tertiary/aromatic N) is 1. The molecule has 31 heavy (non-hydrogen) atoms. The van der Waals surface area contributed by atoms with Crippen molar-refractivity contribution < 1.29 is 18.7 Å². The number of aromatic nitrogens is 1. The van der Waals surface area contributed by atoms with Gasteiger partial charge in [0, 0.05) is 36.4 Å². The van der Waals surface area contributed by atoms with Crippen LogP contribution in [0.2, 0.25) is 15.1 Å². The Balaban J connectivity index is 1.32. The Kier molecular flexibility index (Phi) is 6.90. The lowest BCUT2D eigenvalue weighted by Gasteiger charge is -2.12. The van der Waals surface area contributed by atoms with E-state index in [1.165, 1.54) is 0 Å². The van der Waals surface area contributed by atoms with Crippen LogP contribution in [0.3, 0.4) is 0 Å². The fraction of sp³-hybridized carbons (Fsp3) is 0.273. The molecule has 6 nitrogen and oxygen atoms in total. The third-order valence-corrected chi connectivity index (χ3v) is 5.50. The molecule has 1 amide bonds. The van der Waals surface area contributed by atoms with Gasteiger partial charge < -0.3 is 19.2 Å². The van der Waals surface area contributed by atoms with Crippen molar-refractivity contribution in [2.45, 2.75) is 25.8 Å². The van der Waals surface area contributed by atoms with Gasteiger partial charge in [-0.3, -0.25) is 4.79 Å². The maximum Gasteiger partial charge on any atom is 0.220 e. The molecule has 0 radical (unpaired) electrons. The molecule has 162 valence electrons. The highest BCUT2D eigenvalue weighted by atomic mass is 35.5. The molecule has 0 saturated carbocycles. The standard InChI is InChI=1S/C22H19Cl3N2O4/c23-14-2-3-15(16(24)10-14)19-12-27-21(31-19)5-4-20(28)26-11-13-8-17(25)22-18(9-13)29-6-1-7-30-22/h2-3,8-10,12H,1,4-7,11H2,(H,26,28). The molecule has 9 heteroatoms. The summed E-state index contributed by atoms with van der Waals surface area (Å²) in [6.07, 6.45) is 2.97. The van der Waals surface area contributed by atoms with Gasteiger partial charge in [0.05, 0.1) is 29.5 Å². The molecule has 0 atom stereocenters. The first-order valence-corrected chi connectivity index (χ1v) is 10.9. The van der Waals surface area contributed by atoms with E-state index in [-0.39, 0.29) is 12.3 Å². The second-order valence-corrected chi connectivity index (χ2v) is 8.23. The second kappa shape index (κ2) is 9.81. The van der Waals surface area contributed by atoms with E-state index in [0.29, 0.717) is 70.0 Å². The molecule has 0 unspecified atom stereocenters. The first-order chi connectivity index (χ1) is 15.0. The molecule has 0 aliphatic carbocycles. The van der Waals surface area contributed by atoms with Crippen LogP contribution in [0.1, 0.15) is 24.3 Å². The summed E-state index contributed by atoms with van der Waals surface area (Å²) in [5.74, 6) is 2.00. The number of rotatable bonds is 6. The minimum absolute atomic E-state index is 0.132. The third-order valence-electron chi connectivity index (χ3n) is 4.67. The van der Waals surface area contributed by atoms with E-state index in [1.54, 1.807) is 30.5 Å². The topological polar surface area (TPSA) is 73.6 Å². The van der Waals surface area contributed by atoms with Crippen molar-refractivity contribution in [3.05, 3.63) is 63.1 Å². The molecule has 0 saturated heterocycles. The predicted octanol–water partition coefficient (Wildman–Crippen LogP) is 5.71. The number of hydrogen-bond donors (Lipinski definition) is 1. The number of halogens is 3. The number of amides is 1. The van der Waals surface area contributed by atoms with Gasteiger partial charge in [0.15, 0.2) is 23.1 Å². The molecule has 2 aromatic carbocycles. The zero-order chi connectivity index (χ0) is 21.8. The molecule has 4 rings (SSSR count). The van der Waals surface area contributed by atoms with Crippen LogP contribution in [-0.2, 0) is 17.8 Å². The van der Waals surface area contributed by atoms with Crippen LogP contribution in [-0.4, -0.2) is 24.1 Å². The smallest absolute Gasteiger partial charge is 0.220 e. The zero-order valence-corrected chi connectivity index (χ0v) is 18.7. The van der Waals surface area contributed by atoms with Crippen molar-refractivity contribution in [1.82, 2.24) is 10.3 Å². The number of ether oxygens (including phenoxy) is 2. The maximum absolute atomic E-state index is 12.3. The van der Waals surface area contributed by atoms with Crippen LogP contribution in [0, 0.1) is 0 Å². The summed E-state index contributed by atoms with van der Waals surface area (Å²) in [7, 11) is 0. The Morgan fingerprint density at radius 1 is 1.06 bits per heavy atom. The number of carbonyl (C=O) groups is 1. The number of oxazole rings is 1. The van der Waals surface area contributed by atoms with Crippen molar-refractivity contribution in [2.24, 2.45) is 0 Å². The van der Waals surface area contributed by atoms with E-state index in [0.717, 1.165) is 12.0 Å². The molecular weight excluding hydrogens is 463 g/mol. The maximum atomic E-state index is 12.3. The zero-order valence-electron chi connectivity index (χ0n) is 16.4. The lowest BCUT2D eigenvalue weighted by Crippen LogP contribution is -2.23. The van der Waals surface area contributed by atoms with Crippen molar-refractivity contribution in [3.63, 3.8) is 0 Å². The number of aryl methyl sites for hydroxylation is 1. The largest absolute Gasteiger partial charge is 0.489 e. The number of hydrogen-bond acceptors (Lipinski definition) is 5. The fourth-order valence-corrected chi connectivity index (χ4v) is 3.92. The van der Waals surface area contributed by atoms with Gasteiger partial charge in [-0.15, -0.1) is 0 Å². The van der Waals surface area contributed by atoms with Gasteiger partial charge >= 0.3 is 0 Å². The molecule has 1 aromatic heterocycles. The summed E-state index contributed by atoms with van der Waals surface area (Å²) in [5, 5.41) is 4.36. The average molecular weight is 482 g/mol. The highest BCUT2D eigenvalue weighted by Gasteiger charge is 2.16. The Bertz CT molecular complexity index is 1100. The third kappa shape index (κ3) is 5.45. The van der Waals surface area contributed by atoms with Crippen molar-refractivity contribution in [3.8, 4) is 22.8 Å².